The van der Waals surface area contributed by atoms with Gasteiger partial charge in [0.25, 0.3) is 15.9 Å². The van der Waals surface area contributed by atoms with Gasteiger partial charge in [0.1, 0.15) is 10.6 Å². The molecular formula is C21H20BrN3O6S. The summed E-state index contributed by atoms with van der Waals surface area (Å²) in [4.78, 5) is 13.8. The Labute approximate surface area is 193 Å². The van der Waals surface area contributed by atoms with Crippen LogP contribution in [0.4, 0.5) is 5.69 Å². The van der Waals surface area contributed by atoms with E-state index in [9.17, 15) is 33.8 Å². The van der Waals surface area contributed by atoms with Gasteiger partial charge in [-0.15, -0.1) is 0 Å². The van der Waals surface area contributed by atoms with Crippen LogP contribution in [-0.2, 0) is 15.4 Å². The van der Waals surface area contributed by atoms with Gasteiger partial charge in [-0.1, -0.05) is 15.9 Å². The molecule has 1 heterocycles. The van der Waals surface area contributed by atoms with Crippen LogP contribution in [-0.4, -0.2) is 53.7 Å². The summed E-state index contributed by atoms with van der Waals surface area (Å²) in [5.41, 5.74) is -0.889. The fourth-order valence-electron chi connectivity index (χ4n) is 3.84. The number of anilines is 1. The number of carbonyl (C=O) groups excluding carboxylic acids is 1. The van der Waals surface area contributed by atoms with Crippen molar-refractivity contribution in [3.8, 4) is 17.6 Å². The molecule has 0 spiro atoms. The summed E-state index contributed by atoms with van der Waals surface area (Å²) in [7, 11) is -4.35. The van der Waals surface area contributed by atoms with E-state index in [1.807, 2.05) is 0 Å². The number of sulfonamides is 1. The number of β-amino-alcohol motifs (C(OH)–C–C–N with tert-alkyl or cyclic N) is 1. The number of phenols is 2. The lowest BCUT2D eigenvalue weighted by atomic mass is 9.65. The summed E-state index contributed by atoms with van der Waals surface area (Å²) < 4.78 is 28.6. The van der Waals surface area contributed by atoms with Crippen LogP contribution in [0.25, 0.3) is 0 Å². The molecular weight excluding hydrogens is 502 g/mol. The molecule has 0 aromatic heterocycles. The van der Waals surface area contributed by atoms with E-state index in [0.717, 1.165) is 6.42 Å². The molecule has 9 nitrogen and oxygen atoms in total. The minimum absolute atomic E-state index is 0.0961. The Morgan fingerprint density at radius 2 is 1.91 bits per heavy atom. The van der Waals surface area contributed by atoms with Crippen molar-refractivity contribution in [3.05, 3.63) is 45.9 Å². The summed E-state index contributed by atoms with van der Waals surface area (Å²) in [6.45, 7) is 0.192. The first-order valence-electron chi connectivity index (χ1n) is 9.84. The summed E-state index contributed by atoms with van der Waals surface area (Å²) in [6, 6.07) is 8.90. The highest BCUT2D eigenvalue weighted by Crippen LogP contribution is 2.46. The zero-order valence-electron chi connectivity index (χ0n) is 16.7. The molecule has 1 aliphatic carbocycles. The summed E-state index contributed by atoms with van der Waals surface area (Å²) in [5, 5.41) is 40.1. The first kappa shape index (κ1) is 22.4. The predicted octanol–water partition coefficient (Wildman–Crippen LogP) is 2.42. The lowest BCUT2D eigenvalue weighted by Crippen LogP contribution is -2.53. The number of nitrogens with one attached hydrogen (secondary N) is 1. The van der Waals surface area contributed by atoms with Gasteiger partial charge in [0.2, 0.25) is 0 Å². The second-order valence-corrected chi connectivity index (χ2v) is 10.6. The third-order valence-electron chi connectivity index (χ3n) is 5.92. The molecule has 2 aromatic rings. The topological polar surface area (TPSA) is 151 Å². The molecule has 4 N–H and O–H groups in total. The number of hydrogen-bond donors (Lipinski definition) is 4. The number of benzene rings is 2. The molecule has 11 heteroatoms. The van der Waals surface area contributed by atoms with Crippen molar-refractivity contribution in [1.29, 1.82) is 5.26 Å². The van der Waals surface area contributed by atoms with E-state index in [4.69, 9.17) is 0 Å². The normalized spacial score (nSPS) is 17.7. The van der Waals surface area contributed by atoms with Gasteiger partial charge >= 0.3 is 0 Å². The maximum Gasteiger partial charge on any atom is 0.265 e. The van der Waals surface area contributed by atoms with Crippen LogP contribution >= 0.6 is 15.9 Å². The number of hydrogen-bond acceptors (Lipinski definition) is 7. The SMILES string of the molecule is N#CC1(c2cc(NS(=O)(=O)c3cc(Br)ccc3O)c(O)c(C(=O)N3CC(O)C3)c2)CCC1. The number of aromatic hydroxyl groups is 2. The molecule has 2 aromatic carbocycles. The number of carbonyl (C=O) groups is 1. The monoisotopic (exact) mass is 521 g/mol. The number of aliphatic hydroxyl groups excluding tert-OH is 1. The molecule has 2 aliphatic rings. The smallest absolute Gasteiger partial charge is 0.265 e. The number of aliphatic hydroxyl groups is 1. The lowest BCUT2D eigenvalue weighted by Gasteiger charge is -2.38. The van der Waals surface area contributed by atoms with Crippen molar-refractivity contribution in [2.75, 3.05) is 17.8 Å². The molecule has 0 bridgehead atoms. The second kappa shape index (κ2) is 7.95. The zero-order valence-corrected chi connectivity index (χ0v) is 19.1. The molecule has 0 unspecified atom stereocenters. The van der Waals surface area contributed by atoms with E-state index >= 15 is 0 Å². The Balaban J connectivity index is 1.80. The summed E-state index contributed by atoms with van der Waals surface area (Å²) >= 11 is 3.16. The highest BCUT2D eigenvalue weighted by atomic mass is 79.9. The van der Waals surface area contributed by atoms with Crippen LogP contribution in [0.1, 0.15) is 35.2 Å². The Morgan fingerprint density at radius 1 is 1.22 bits per heavy atom. The zero-order chi connectivity index (χ0) is 23.3. The van der Waals surface area contributed by atoms with Crippen LogP contribution in [0.5, 0.6) is 11.5 Å². The number of amides is 1. The van der Waals surface area contributed by atoms with Crippen molar-refractivity contribution in [3.63, 3.8) is 0 Å². The van der Waals surface area contributed by atoms with Crippen molar-refractivity contribution < 1.29 is 28.5 Å². The van der Waals surface area contributed by atoms with Crippen LogP contribution in [0.15, 0.2) is 39.7 Å². The average Bonchev–Trinajstić information content (AvgIpc) is 2.68. The van der Waals surface area contributed by atoms with E-state index in [2.05, 4.69) is 26.7 Å². The molecule has 1 saturated heterocycles. The molecule has 1 aliphatic heterocycles. The standard InChI is InChI=1S/C21H20BrN3O6S/c22-13-2-3-17(27)18(8-13)32(30,31)24-16-7-12(21(11-23)4-1-5-21)6-15(19(16)28)20(29)25-9-14(26)10-25/h2-3,6-8,14,24,26-28H,1,4-5,9-10H2. The minimum Gasteiger partial charge on any atom is -0.507 e. The van der Waals surface area contributed by atoms with E-state index in [1.54, 1.807) is 0 Å². The van der Waals surface area contributed by atoms with E-state index in [1.165, 1.54) is 35.2 Å². The molecule has 2 fully saturated rings. The number of nitriles is 1. The van der Waals surface area contributed by atoms with Gasteiger partial charge in [0, 0.05) is 17.6 Å². The summed E-state index contributed by atoms with van der Waals surface area (Å²) in [6.07, 6.45) is 1.24. The minimum atomic E-state index is -4.35. The number of rotatable bonds is 5. The van der Waals surface area contributed by atoms with Crippen LogP contribution < -0.4 is 4.72 Å². The highest BCUT2D eigenvalue weighted by Gasteiger charge is 2.41. The lowest BCUT2D eigenvalue weighted by molar-refractivity contribution is 0.00570. The van der Waals surface area contributed by atoms with Gasteiger partial charge < -0.3 is 20.2 Å². The van der Waals surface area contributed by atoms with Gasteiger partial charge in [-0.2, -0.15) is 5.26 Å². The molecule has 32 heavy (non-hydrogen) atoms. The Hall–Kier alpha value is -2.81. The molecule has 168 valence electrons. The van der Waals surface area contributed by atoms with Crippen molar-refractivity contribution >= 4 is 37.5 Å². The number of phenolic OH excluding ortho intramolecular Hbond substituents is 2. The van der Waals surface area contributed by atoms with E-state index in [0.29, 0.717) is 22.9 Å². The fraction of sp³-hybridized carbons (Fsp3) is 0.333. The number of nitrogens with zero attached hydrogens (tertiary/aromatic N) is 2. The highest BCUT2D eigenvalue weighted by molar-refractivity contribution is 9.10. The van der Waals surface area contributed by atoms with E-state index < -0.39 is 43.8 Å². The van der Waals surface area contributed by atoms with Gasteiger partial charge in [-0.3, -0.25) is 9.52 Å². The van der Waals surface area contributed by atoms with Crippen LogP contribution in [0.2, 0.25) is 0 Å². The second-order valence-electron chi connectivity index (χ2n) is 8.05. The van der Waals surface area contributed by atoms with Crippen molar-refractivity contribution in [2.24, 2.45) is 0 Å². The Morgan fingerprint density at radius 3 is 2.47 bits per heavy atom. The first-order valence-corrected chi connectivity index (χ1v) is 12.1. The van der Waals surface area contributed by atoms with Gasteiger partial charge in [-0.05, 0) is 55.2 Å². The van der Waals surface area contributed by atoms with E-state index in [-0.39, 0.29) is 24.3 Å². The Bertz CT molecular complexity index is 1250. The summed E-state index contributed by atoms with van der Waals surface area (Å²) in [5.74, 6) is -1.66. The van der Waals surface area contributed by atoms with Crippen molar-refractivity contribution in [1.82, 2.24) is 4.90 Å². The molecule has 0 radical (unpaired) electrons. The van der Waals surface area contributed by atoms with Gasteiger partial charge in [0.05, 0.1) is 28.8 Å². The molecule has 4 rings (SSSR count). The molecule has 1 saturated carbocycles. The third-order valence-corrected chi connectivity index (χ3v) is 7.81. The average molecular weight is 522 g/mol. The van der Waals surface area contributed by atoms with Gasteiger partial charge in [0.15, 0.2) is 5.75 Å². The Kier molecular flexibility index (Phi) is 5.56. The fourth-order valence-corrected chi connectivity index (χ4v) is 5.53. The third kappa shape index (κ3) is 3.79. The van der Waals surface area contributed by atoms with Crippen molar-refractivity contribution in [2.45, 2.75) is 35.7 Å². The largest absolute Gasteiger partial charge is 0.507 e. The maximum atomic E-state index is 13.0. The molecule has 1 amide bonds. The number of halogens is 1. The number of likely N-dealkylation sites (tertiary alicyclic amines) is 1. The quantitative estimate of drug-likeness (QED) is 0.441. The maximum absolute atomic E-state index is 13.0. The van der Waals surface area contributed by atoms with Crippen LogP contribution in [0, 0.1) is 11.3 Å². The molecule has 0 atom stereocenters. The van der Waals surface area contributed by atoms with Gasteiger partial charge in [-0.25, -0.2) is 8.42 Å². The predicted molar refractivity (Wildman–Crippen MR) is 118 cm³/mol. The van der Waals surface area contributed by atoms with Crippen LogP contribution in [0.3, 0.4) is 0 Å². The first-order chi connectivity index (χ1) is 15.1.